The summed E-state index contributed by atoms with van der Waals surface area (Å²) in [5, 5.41) is 19.3. The average molecular weight is 317 g/mol. The van der Waals surface area contributed by atoms with Gasteiger partial charge in [-0.2, -0.15) is 0 Å². The van der Waals surface area contributed by atoms with E-state index >= 15 is 0 Å². The van der Waals surface area contributed by atoms with Crippen LogP contribution in [0.2, 0.25) is 0 Å². The van der Waals surface area contributed by atoms with Gasteiger partial charge in [0.05, 0.1) is 19.3 Å². The standard InChI is InChI=1S/C14H21BrO3/c1-11(2)18-7-6-14(9-16,10-17)12-4-3-5-13(15)8-12/h3-5,8,11,16-17H,6-7,9-10H2,1-2H3. The molecule has 3 nitrogen and oxygen atoms in total. The molecule has 0 aromatic heterocycles. The van der Waals surface area contributed by atoms with E-state index in [1.165, 1.54) is 0 Å². The van der Waals surface area contributed by atoms with Crippen molar-refractivity contribution in [1.29, 1.82) is 0 Å². The zero-order valence-electron chi connectivity index (χ0n) is 10.9. The van der Waals surface area contributed by atoms with Crippen molar-refractivity contribution in [3.63, 3.8) is 0 Å². The molecule has 0 aliphatic heterocycles. The van der Waals surface area contributed by atoms with E-state index in [0.29, 0.717) is 13.0 Å². The molecule has 0 bridgehead atoms. The first-order valence-corrected chi connectivity index (χ1v) is 6.93. The molecule has 0 aliphatic carbocycles. The van der Waals surface area contributed by atoms with Crippen molar-refractivity contribution in [2.75, 3.05) is 19.8 Å². The van der Waals surface area contributed by atoms with Crippen molar-refractivity contribution in [3.8, 4) is 0 Å². The Bertz CT molecular complexity index is 362. The lowest BCUT2D eigenvalue weighted by atomic mass is 9.79. The average Bonchev–Trinajstić information content (AvgIpc) is 2.35. The molecule has 1 aromatic carbocycles. The van der Waals surface area contributed by atoms with Crippen LogP contribution in [0.1, 0.15) is 25.8 Å². The summed E-state index contributed by atoms with van der Waals surface area (Å²) in [5.74, 6) is 0. The molecule has 1 rings (SSSR count). The molecule has 1 aromatic rings. The van der Waals surface area contributed by atoms with Gasteiger partial charge >= 0.3 is 0 Å². The van der Waals surface area contributed by atoms with Crippen LogP contribution in [0.25, 0.3) is 0 Å². The lowest BCUT2D eigenvalue weighted by Crippen LogP contribution is -2.36. The Morgan fingerprint density at radius 3 is 2.44 bits per heavy atom. The van der Waals surface area contributed by atoms with Gasteiger partial charge < -0.3 is 14.9 Å². The fraction of sp³-hybridized carbons (Fsp3) is 0.571. The second-order valence-corrected chi connectivity index (χ2v) is 5.69. The first kappa shape index (κ1) is 15.6. The molecular formula is C14H21BrO3. The molecule has 0 unspecified atom stereocenters. The molecule has 0 saturated heterocycles. The Labute approximate surface area is 117 Å². The van der Waals surface area contributed by atoms with Crippen LogP contribution in [-0.2, 0) is 10.2 Å². The Balaban J connectivity index is 2.85. The Kier molecular flexibility index (Phi) is 6.29. The van der Waals surface area contributed by atoms with Gasteiger partial charge in [-0.1, -0.05) is 28.1 Å². The van der Waals surface area contributed by atoms with Gasteiger partial charge in [0.15, 0.2) is 0 Å². The van der Waals surface area contributed by atoms with Crippen LogP contribution >= 0.6 is 15.9 Å². The largest absolute Gasteiger partial charge is 0.395 e. The normalized spacial score (nSPS) is 12.1. The molecule has 0 fully saturated rings. The van der Waals surface area contributed by atoms with E-state index in [1.807, 2.05) is 38.1 Å². The summed E-state index contributed by atoms with van der Waals surface area (Å²) in [6, 6.07) is 7.69. The van der Waals surface area contributed by atoms with Gasteiger partial charge in [-0.3, -0.25) is 0 Å². The number of benzene rings is 1. The Hall–Kier alpha value is -0.420. The summed E-state index contributed by atoms with van der Waals surface area (Å²) in [5.41, 5.74) is 0.285. The van der Waals surface area contributed by atoms with Gasteiger partial charge in [0.1, 0.15) is 0 Å². The van der Waals surface area contributed by atoms with Crippen LogP contribution in [0.3, 0.4) is 0 Å². The summed E-state index contributed by atoms with van der Waals surface area (Å²) < 4.78 is 6.46. The highest BCUT2D eigenvalue weighted by Crippen LogP contribution is 2.29. The quantitative estimate of drug-likeness (QED) is 0.812. The molecular weight excluding hydrogens is 296 g/mol. The van der Waals surface area contributed by atoms with Gasteiger partial charge in [-0.15, -0.1) is 0 Å². The topological polar surface area (TPSA) is 49.7 Å². The molecule has 0 atom stereocenters. The summed E-state index contributed by atoms with van der Waals surface area (Å²) in [6.45, 7) is 4.27. The smallest absolute Gasteiger partial charge is 0.0550 e. The number of rotatable bonds is 7. The first-order valence-electron chi connectivity index (χ1n) is 6.13. The molecule has 0 spiro atoms. The van der Waals surface area contributed by atoms with Gasteiger partial charge in [0, 0.05) is 16.5 Å². The molecule has 18 heavy (non-hydrogen) atoms. The number of hydrogen-bond donors (Lipinski definition) is 2. The molecule has 0 aliphatic rings. The van der Waals surface area contributed by atoms with Crippen molar-refractivity contribution < 1.29 is 14.9 Å². The van der Waals surface area contributed by atoms with Crippen LogP contribution in [0.15, 0.2) is 28.7 Å². The molecule has 0 heterocycles. The van der Waals surface area contributed by atoms with E-state index < -0.39 is 5.41 Å². The highest BCUT2D eigenvalue weighted by molar-refractivity contribution is 9.10. The van der Waals surface area contributed by atoms with Crippen molar-refractivity contribution in [2.24, 2.45) is 0 Å². The van der Waals surface area contributed by atoms with Crippen molar-refractivity contribution in [2.45, 2.75) is 31.8 Å². The summed E-state index contributed by atoms with van der Waals surface area (Å²) in [4.78, 5) is 0. The molecule has 4 heteroatoms. The highest BCUT2D eigenvalue weighted by Gasteiger charge is 2.31. The van der Waals surface area contributed by atoms with Gasteiger partial charge in [0.25, 0.3) is 0 Å². The predicted octanol–water partition coefficient (Wildman–Crippen LogP) is 2.49. The number of hydrogen-bond acceptors (Lipinski definition) is 3. The lowest BCUT2D eigenvalue weighted by Gasteiger charge is -2.30. The van der Waals surface area contributed by atoms with E-state index in [1.54, 1.807) is 0 Å². The molecule has 0 radical (unpaired) electrons. The van der Waals surface area contributed by atoms with E-state index in [4.69, 9.17) is 4.74 Å². The second kappa shape index (κ2) is 7.24. The van der Waals surface area contributed by atoms with E-state index in [-0.39, 0.29) is 19.3 Å². The second-order valence-electron chi connectivity index (χ2n) is 4.78. The minimum Gasteiger partial charge on any atom is -0.395 e. The third-order valence-electron chi connectivity index (χ3n) is 3.07. The van der Waals surface area contributed by atoms with E-state index in [2.05, 4.69) is 15.9 Å². The maximum Gasteiger partial charge on any atom is 0.0550 e. The predicted molar refractivity (Wildman–Crippen MR) is 75.7 cm³/mol. The monoisotopic (exact) mass is 316 g/mol. The first-order chi connectivity index (χ1) is 8.54. The minimum atomic E-state index is -0.640. The van der Waals surface area contributed by atoms with Crippen molar-refractivity contribution in [3.05, 3.63) is 34.3 Å². The highest BCUT2D eigenvalue weighted by atomic mass is 79.9. The number of ether oxygens (including phenoxy) is 1. The van der Waals surface area contributed by atoms with Gasteiger partial charge in [-0.05, 0) is 38.0 Å². The summed E-state index contributed by atoms with van der Waals surface area (Å²) >= 11 is 3.41. The maximum atomic E-state index is 9.66. The van der Waals surface area contributed by atoms with Crippen LogP contribution < -0.4 is 0 Å². The zero-order valence-corrected chi connectivity index (χ0v) is 12.5. The zero-order chi connectivity index (χ0) is 13.6. The SMILES string of the molecule is CC(C)OCCC(CO)(CO)c1cccc(Br)c1. The fourth-order valence-electron chi connectivity index (χ4n) is 1.84. The third-order valence-corrected chi connectivity index (χ3v) is 3.57. The van der Waals surface area contributed by atoms with Crippen molar-refractivity contribution in [1.82, 2.24) is 0 Å². The molecule has 0 saturated carbocycles. The van der Waals surface area contributed by atoms with E-state index in [0.717, 1.165) is 10.0 Å². The van der Waals surface area contributed by atoms with Crippen molar-refractivity contribution >= 4 is 15.9 Å². The maximum absolute atomic E-state index is 9.66. The van der Waals surface area contributed by atoms with Crippen LogP contribution in [0.4, 0.5) is 0 Å². The van der Waals surface area contributed by atoms with Gasteiger partial charge in [-0.25, -0.2) is 0 Å². The lowest BCUT2D eigenvalue weighted by molar-refractivity contribution is 0.0363. The van der Waals surface area contributed by atoms with E-state index in [9.17, 15) is 10.2 Å². The number of aliphatic hydroxyl groups is 2. The minimum absolute atomic E-state index is 0.0958. The van der Waals surface area contributed by atoms with Crippen LogP contribution in [-0.4, -0.2) is 36.1 Å². The number of halogens is 1. The Morgan fingerprint density at radius 2 is 1.94 bits per heavy atom. The Morgan fingerprint density at radius 1 is 1.28 bits per heavy atom. The molecule has 0 amide bonds. The van der Waals surface area contributed by atoms with Crippen LogP contribution in [0, 0.1) is 0 Å². The summed E-state index contributed by atoms with van der Waals surface area (Å²) in [7, 11) is 0. The summed E-state index contributed by atoms with van der Waals surface area (Å²) in [6.07, 6.45) is 0.747. The molecule has 2 N–H and O–H groups in total. The molecule has 102 valence electrons. The van der Waals surface area contributed by atoms with Crippen LogP contribution in [0.5, 0.6) is 0 Å². The van der Waals surface area contributed by atoms with Gasteiger partial charge in [0.2, 0.25) is 0 Å². The fourth-order valence-corrected chi connectivity index (χ4v) is 2.24. The number of aliphatic hydroxyl groups excluding tert-OH is 2. The third kappa shape index (κ3) is 4.05.